The third-order valence-corrected chi connectivity index (χ3v) is 4.30. The van der Waals surface area contributed by atoms with Crippen LogP contribution in [0.1, 0.15) is 19.3 Å². The summed E-state index contributed by atoms with van der Waals surface area (Å²) in [6.07, 6.45) is 6.88. The first-order chi connectivity index (χ1) is 9.27. The van der Waals surface area contributed by atoms with Crippen LogP contribution in [0.3, 0.4) is 0 Å². The molecule has 1 spiro atoms. The van der Waals surface area contributed by atoms with Crippen molar-refractivity contribution in [1.29, 1.82) is 0 Å². The summed E-state index contributed by atoms with van der Waals surface area (Å²) in [5, 5.41) is 6.31. The van der Waals surface area contributed by atoms with Crippen molar-refractivity contribution in [1.82, 2.24) is 15.2 Å². The molecule has 0 unspecified atom stereocenters. The minimum atomic E-state index is 0.00316. The lowest BCUT2D eigenvalue weighted by Crippen LogP contribution is -2.40. The van der Waals surface area contributed by atoms with Crippen LogP contribution in [0.15, 0.2) is 24.5 Å². The number of hydrogen-bond donors (Lipinski definition) is 2. The molecule has 1 aromatic rings. The number of likely N-dealkylation sites (tertiary alicyclic amines) is 1. The van der Waals surface area contributed by atoms with Gasteiger partial charge in [0.1, 0.15) is 0 Å². The smallest absolute Gasteiger partial charge is 0.321 e. The van der Waals surface area contributed by atoms with Gasteiger partial charge in [-0.15, -0.1) is 0 Å². The second-order valence-electron chi connectivity index (χ2n) is 5.59. The quantitative estimate of drug-likeness (QED) is 0.808. The van der Waals surface area contributed by atoms with Crippen molar-refractivity contribution in [2.45, 2.75) is 19.3 Å². The maximum atomic E-state index is 12.2. The van der Waals surface area contributed by atoms with E-state index in [9.17, 15) is 4.79 Å². The molecule has 3 rings (SSSR count). The van der Waals surface area contributed by atoms with Gasteiger partial charge < -0.3 is 15.5 Å². The van der Waals surface area contributed by atoms with Crippen LogP contribution in [0.25, 0.3) is 0 Å². The number of rotatable bonds is 1. The summed E-state index contributed by atoms with van der Waals surface area (Å²) in [4.78, 5) is 18.2. The molecular weight excluding hydrogens is 240 g/mol. The number of hydrogen-bond acceptors (Lipinski definition) is 3. The van der Waals surface area contributed by atoms with Crippen LogP contribution < -0.4 is 10.6 Å². The van der Waals surface area contributed by atoms with Gasteiger partial charge >= 0.3 is 6.03 Å². The second-order valence-corrected chi connectivity index (χ2v) is 5.59. The standard InChI is InChI=1S/C14H20N4O/c19-13(17-12-2-1-6-16-10-12)18-9-5-14(11-18)3-7-15-8-4-14/h1-2,6,10,15H,3-5,7-9,11H2,(H,17,19). The molecule has 5 heteroatoms. The van der Waals surface area contributed by atoms with Crippen LogP contribution in [0, 0.1) is 5.41 Å². The van der Waals surface area contributed by atoms with E-state index in [4.69, 9.17) is 0 Å². The molecule has 5 nitrogen and oxygen atoms in total. The van der Waals surface area contributed by atoms with Crippen LogP contribution in [-0.4, -0.2) is 42.1 Å². The van der Waals surface area contributed by atoms with E-state index in [1.165, 1.54) is 12.8 Å². The normalized spacial score (nSPS) is 21.6. The average Bonchev–Trinajstić information content (AvgIpc) is 2.85. The van der Waals surface area contributed by atoms with Crippen molar-refractivity contribution < 1.29 is 4.79 Å². The van der Waals surface area contributed by atoms with E-state index in [1.807, 2.05) is 17.0 Å². The van der Waals surface area contributed by atoms with E-state index in [0.717, 1.165) is 38.3 Å². The van der Waals surface area contributed by atoms with E-state index in [2.05, 4.69) is 15.6 Å². The molecule has 102 valence electrons. The van der Waals surface area contributed by atoms with E-state index in [1.54, 1.807) is 12.4 Å². The Balaban J connectivity index is 1.60. The van der Waals surface area contributed by atoms with Gasteiger partial charge in [0.05, 0.1) is 11.9 Å². The highest BCUT2D eigenvalue weighted by Crippen LogP contribution is 2.38. The summed E-state index contributed by atoms with van der Waals surface area (Å²) in [7, 11) is 0. The summed E-state index contributed by atoms with van der Waals surface area (Å²) in [5.41, 5.74) is 1.12. The highest BCUT2D eigenvalue weighted by Gasteiger charge is 2.40. The van der Waals surface area contributed by atoms with Gasteiger partial charge in [-0.1, -0.05) is 0 Å². The zero-order chi connectivity index (χ0) is 13.1. The summed E-state index contributed by atoms with van der Waals surface area (Å²) in [5.74, 6) is 0. The lowest BCUT2D eigenvalue weighted by Gasteiger charge is -2.33. The predicted octanol–water partition coefficient (Wildman–Crippen LogP) is 1.69. The molecule has 1 aromatic heterocycles. The SMILES string of the molecule is O=C(Nc1cccnc1)N1CCC2(CCNCC2)C1. The lowest BCUT2D eigenvalue weighted by atomic mass is 9.78. The van der Waals surface area contributed by atoms with Crippen molar-refractivity contribution in [3.8, 4) is 0 Å². The number of pyridine rings is 1. The Hall–Kier alpha value is -1.62. The number of piperidine rings is 1. The average molecular weight is 260 g/mol. The molecule has 0 radical (unpaired) electrons. The first-order valence-electron chi connectivity index (χ1n) is 6.94. The second kappa shape index (κ2) is 5.17. The van der Waals surface area contributed by atoms with E-state index < -0.39 is 0 Å². The van der Waals surface area contributed by atoms with Crippen molar-refractivity contribution in [2.75, 3.05) is 31.5 Å². The number of nitrogens with zero attached hydrogens (tertiary/aromatic N) is 2. The van der Waals surface area contributed by atoms with Gasteiger partial charge in [-0.25, -0.2) is 4.79 Å². The summed E-state index contributed by atoms with van der Waals surface area (Å²) in [6.45, 7) is 3.92. The van der Waals surface area contributed by atoms with Crippen LogP contribution in [-0.2, 0) is 0 Å². The highest BCUT2D eigenvalue weighted by atomic mass is 16.2. The van der Waals surface area contributed by atoms with Gasteiger partial charge in [-0.3, -0.25) is 4.98 Å². The maximum Gasteiger partial charge on any atom is 0.321 e. The molecule has 0 bridgehead atoms. The monoisotopic (exact) mass is 260 g/mol. The Bertz CT molecular complexity index is 442. The zero-order valence-corrected chi connectivity index (χ0v) is 11.1. The van der Waals surface area contributed by atoms with Crippen molar-refractivity contribution in [3.63, 3.8) is 0 Å². The molecule has 2 aliphatic rings. The van der Waals surface area contributed by atoms with Crippen molar-refractivity contribution in [3.05, 3.63) is 24.5 Å². The molecule has 2 N–H and O–H groups in total. The summed E-state index contributed by atoms with van der Waals surface area (Å²) < 4.78 is 0. The van der Waals surface area contributed by atoms with E-state index >= 15 is 0 Å². The molecule has 0 atom stereocenters. The molecule has 2 saturated heterocycles. The highest BCUT2D eigenvalue weighted by molar-refractivity contribution is 5.89. The predicted molar refractivity (Wildman–Crippen MR) is 74.0 cm³/mol. The summed E-state index contributed by atoms with van der Waals surface area (Å²) >= 11 is 0. The molecule has 0 saturated carbocycles. The topological polar surface area (TPSA) is 57.3 Å². The third-order valence-electron chi connectivity index (χ3n) is 4.30. The Labute approximate surface area is 113 Å². The number of anilines is 1. The Morgan fingerprint density at radius 1 is 1.37 bits per heavy atom. The lowest BCUT2D eigenvalue weighted by molar-refractivity contribution is 0.191. The van der Waals surface area contributed by atoms with Crippen LogP contribution >= 0.6 is 0 Å². The molecule has 2 aliphatic heterocycles. The fourth-order valence-corrected chi connectivity index (χ4v) is 3.11. The first kappa shape index (κ1) is 12.4. The molecule has 19 heavy (non-hydrogen) atoms. The van der Waals surface area contributed by atoms with E-state index in [-0.39, 0.29) is 6.03 Å². The molecule has 2 amide bonds. The van der Waals surface area contributed by atoms with Gasteiger partial charge in [0.2, 0.25) is 0 Å². The van der Waals surface area contributed by atoms with Crippen LogP contribution in [0.5, 0.6) is 0 Å². The van der Waals surface area contributed by atoms with Crippen molar-refractivity contribution in [2.24, 2.45) is 5.41 Å². The van der Waals surface area contributed by atoms with Crippen molar-refractivity contribution >= 4 is 11.7 Å². The minimum Gasteiger partial charge on any atom is -0.324 e. The fourth-order valence-electron chi connectivity index (χ4n) is 3.11. The Morgan fingerprint density at radius 2 is 2.21 bits per heavy atom. The van der Waals surface area contributed by atoms with Gasteiger partial charge in [0.25, 0.3) is 0 Å². The third kappa shape index (κ3) is 2.71. The molecule has 0 aromatic carbocycles. The number of carbonyl (C=O) groups excluding carboxylic acids is 1. The molecule has 2 fully saturated rings. The van der Waals surface area contributed by atoms with Gasteiger partial charge in [0.15, 0.2) is 0 Å². The van der Waals surface area contributed by atoms with Gasteiger partial charge in [-0.2, -0.15) is 0 Å². The summed E-state index contributed by atoms with van der Waals surface area (Å²) in [6, 6.07) is 3.69. The fraction of sp³-hybridized carbons (Fsp3) is 0.571. The minimum absolute atomic E-state index is 0.00316. The Kier molecular flexibility index (Phi) is 3.38. The number of amides is 2. The number of nitrogens with one attached hydrogen (secondary N) is 2. The molecular formula is C14H20N4O. The zero-order valence-electron chi connectivity index (χ0n) is 11.1. The first-order valence-corrected chi connectivity index (χ1v) is 6.94. The van der Waals surface area contributed by atoms with E-state index in [0.29, 0.717) is 5.41 Å². The maximum absolute atomic E-state index is 12.2. The largest absolute Gasteiger partial charge is 0.324 e. The number of urea groups is 1. The number of aromatic nitrogens is 1. The van der Waals surface area contributed by atoms with Crippen LogP contribution in [0.2, 0.25) is 0 Å². The molecule has 3 heterocycles. The number of carbonyl (C=O) groups is 1. The van der Waals surface area contributed by atoms with Gasteiger partial charge in [-0.05, 0) is 49.9 Å². The van der Waals surface area contributed by atoms with Gasteiger partial charge in [0, 0.05) is 19.3 Å². The van der Waals surface area contributed by atoms with Crippen LogP contribution in [0.4, 0.5) is 10.5 Å². The Morgan fingerprint density at radius 3 is 2.95 bits per heavy atom. The molecule has 0 aliphatic carbocycles.